The minimum atomic E-state index is -4.38. The van der Waals surface area contributed by atoms with Gasteiger partial charge in [0.15, 0.2) is 0 Å². The predicted molar refractivity (Wildman–Crippen MR) is 54.5 cm³/mol. The lowest BCUT2D eigenvalue weighted by Crippen LogP contribution is -2.04. The van der Waals surface area contributed by atoms with Gasteiger partial charge in [0.05, 0.1) is 5.56 Å². The summed E-state index contributed by atoms with van der Waals surface area (Å²) < 4.78 is 37.1. The Morgan fingerprint density at radius 2 is 1.93 bits per heavy atom. The summed E-state index contributed by atoms with van der Waals surface area (Å²) in [6, 6.07) is 3.36. The van der Waals surface area contributed by atoms with E-state index in [-0.39, 0.29) is 11.6 Å². The van der Waals surface area contributed by atoms with Crippen LogP contribution in [0.3, 0.4) is 0 Å². The van der Waals surface area contributed by atoms with Crippen LogP contribution in [0.5, 0.6) is 0 Å². The highest BCUT2D eigenvalue weighted by atomic mass is 35.5. The van der Waals surface area contributed by atoms with E-state index in [9.17, 15) is 13.2 Å². The van der Waals surface area contributed by atoms with Gasteiger partial charge in [-0.15, -0.1) is 0 Å². The molecule has 1 nitrogen and oxygen atoms in total. The van der Waals surface area contributed by atoms with Crippen molar-refractivity contribution in [3.63, 3.8) is 0 Å². The molecule has 82 valence electrons. The second kappa shape index (κ2) is 4.68. The molecule has 1 rings (SSSR count). The average molecular weight is 236 g/mol. The topological polar surface area (TPSA) is 26.0 Å². The Morgan fingerprint density at radius 1 is 1.27 bits per heavy atom. The molecule has 1 aromatic rings. The third-order valence-electron chi connectivity index (χ3n) is 1.69. The lowest BCUT2D eigenvalue weighted by atomic mass is 10.1. The summed E-state index contributed by atoms with van der Waals surface area (Å²) >= 11 is 5.57. The standard InChI is InChI=1S/C10H9ClF3N/c11-9-5-7(2-1-3-15)4-8(6-9)10(12,13)14/h1-2,4-6H,3,15H2/b2-1+. The van der Waals surface area contributed by atoms with Gasteiger partial charge in [-0.3, -0.25) is 0 Å². The predicted octanol–water partition coefficient (Wildman–Crippen LogP) is 3.33. The SMILES string of the molecule is NC/C=C/c1cc(Cl)cc(C(F)(F)F)c1. The van der Waals surface area contributed by atoms with Crippen LogP contribution in [0.15, 0.2) is 24.3 Å². The van der Waals surface area contributed by atoms with Crippen molar-refractivity contribution in [2.75, 3.05) is 6.54 Å². The van der Waals surface area contributed by atoms with E-state index in [4.69, 9.17) is 17.3 Å². The maximum atomic E-state index is 12.4. The summed E-state index contributed by atoms with van der Waals surface area (Å²) in [5.41, 5.74) is 4.83. The quantitative estimate of drug-likeness (QED) is 0.836. The zero-order valence-corrected chi connectivity index (χ0v) is 8.44. The number of hydrogen-bond donors (Lipinski definition) is 1. The molecule has 2 N–H and O–H groups in total. The van der Waals surface area contributed by atoms with E-state index in [0.717, 1.165) is 12.1 Å². The lowest BCUT2D eigenvalue weighted by molar-refractivity contribution is -0.137. The van der Waals surface area contributed by atoms with Gasteiger partial charge >= 0.3 is 6.18 Å². The number of halogens is 4. The van der Waals surface area contributed by atoms with Crippen molar-refractivity contribution in [1.29, 1.82) is 0 Å². The molecule has 0 aliphatic carbocycles. The molecule has 0 saturated heterocycles. The molecule has 0 amide bonds. The molecule has 0 spiro atoms. The van der Waals surface area contributed by atoms with Crippen molar-refractivity contribution in [1.82, 2.24) is 0 Å². The van der Waals surface area contributed by atoms with Gasteiger partial charge in [-0.05, 0) is 23.8 Å². The fourth-order valence-corrected chi connectivity index (χ4v) is 1.32. The highest BCUT2D eigenvalue weighted by molar-refractivity contribution is 6.30. The van der Waals surface area contributed by atoms with E-state index in [0.29, 0.717) is 5.56 Å². The number of alkyl halides is 3. The van der Waals surface area contributed by atoms with Crippen LogP contribution in [0, 0.1) is 0 Å². The first-order chi connectivity index (χ1) is 6.93. The largest absolute Gasteiger partial charge is 0.416 e. The maximum absolute atomic E-state index is 12.4. The van der Waals surface area contributed by atoms with Gasteiger partial charge in [0.1, 0.15) is 0 Å². The highest BCUT2D eigenvalue weighted by Gasteiger charge is 2.30. The van der Waals surface area contributed by atoms with Crippen LogP contribution in [0.4, 0.5) is 13.2 Å². The third-order valence-corrected chi connectivity index (χ3v) is 1.91. The van der Waals surface area contributed by atoms with Crippen LogP contribution < -0.4 is 5.73 Å². The second-order valence-electron chi connectivity index (χ2n) is 2.91. The van der Waals surface area contributed by atoms with E-state index in [1.54, 1.807) is 6.08 Å². The maximum Gasteiger partial charge on any atom is 0.416 e. The molecule has 0 aliphatic rings. The molecular weight excluding hydrogens is 227 g/mol. The Hall–Kier alpha value is -1.00. The molecule has 0 aliphatic heterocycles. The Morgan fingerprint density at radius 3 is 2.47 bits per heavy atom. The monoisotopic (exact) mass is 235 g/mol. The normalized spacial score (nSPS) is 12.3. The molecule has 0 fully saturated rings. The van der Waals surface area contributed by atoms with Crippen LogP contribution in [0.1, 0.15) is 11.1 Å². The summed E-state index contributed by atoms with van der Waals surface area (Å²) in [6.45, 7) is 0.272. The molecule has 0 heterocycles. The number of rotatable bonds is 2. The molecule has 0 aromatic heterocycles. The minimum Gasteiger partial charge on any atom is -0.327 e. The van der Waals surface area contributed by atoms with Gasteiger partial charge in [0, 0.05) is 11.6 Å². The van der Waals surface area contributed by atoms with Gasteiger partial charge in [-0.1, -0.05) is 23.8 Å². The first kappa shape index (κ1) is 12.1. The summed E-state index contributed by atoms with van der Waals surface area (Å²) in [7, 11) is 0. The lowest BCUT2D eigenvalue weighted by Gasteiger charge is -2.07. The Labute approximate surface area is 90.3 Å². The van der Waals surface area contributed by atoms with Crippen LogP contribution in [0.2, 0.25) is 5.02 Å². The molecule has 5 heteroatoms. The Kier molecular flexibility index (Phi) is 3.77. The van der Waals surface area contributed by atoms with Crippen molar-refractivity contribution in [2.45, 2.75) is 6.18 Å². The molecule has 0 bridgehead atoms. The molecule has 0 unspecified atom stereocenters. The molecule has 1 aromatic carbocycles. The van der Waals surface area contributed by atoms with Gasteiger partial charge in [0.2, 0.25) is 0 Å². The van der Waals surface area contributed by atoms with Crippen LogP contribution in [0.25, 0.3) is 6.08 Å². The molecule has 0 atom stereocenters. The van der Waals surface area contributed by atoms with Crippen molar-refractivity contribution < 1.29 is 13.2 Å². The van der Waals surface area contributed by atoms with E-state index in [1.807, 2.05) is 0 Å². The van der Waals surface area contributed by atoms with Crippen LogP contribution >= 0.6 is 11.6 Å². The minimum absolute atomic E-state index is 0.0569. The molecular formula is C10H9ClF3N. The molecule has 15 heavy (non-hydrogen) atoms. The third kappa shape index (κ3) is 3.57. The van der Waals surface area contributed by atoms with Crippen LogP contribution in [-0.4, -0.2) is 6.54 Å². The van der Waals surface area contributed by atoms with Crippen molar-refractivity contribution >= 4 is 17.7 Å². The molecule has 0 saturated carbocycles. The fourth-order valence-electron chi connectivity index (χ4n) is 1.08. The summed E-state index contributed by atoms with van der Waals surface area (Å²) in [5, 5.41) is 0.0569. The fraction of sp³-hybridized carbons (Fsp3) is 0.200. The highest BCUT2D eigenvalue weighted by Crippen LogP contribution is 2.32. The second-order valence-corrected chi connectivity index (χ2v) is 3.35. The smallest absolute Gasteiger partial charge is 0.327 e. The average Bonchev–Trinajstić information content (AvgIpc) is 2.12. The van der Waals surface area contributed by atoms with E-state index in [1.165, 1.54) is 12.1 Å². The van der Waals surface area contributed by atoms with E-state index < -0.39 is 11.7 Å². The van der Waals surface area contributed by atoms with Crippen LogP contribution in [-0.2, 0) is 6.18 Å². The summed E-state index contributed by atoms with van der Waals surface area (Å²) in [6.07, 6.45) is -1.32. The zero-order chi connectivity index (χ0) is 11.5. The number of hydrogen-bond acceptors (Lipinski definition) is 1. The first-order valence-electron chi connectivity index (χ1n) is 4.18. The van der Waals surface area contributed by atoms with Crippen molar-refractivity contribution in [3.8, 4) is 0 Å². The summed E-state index contributed by atoms with van der Waals surface area (Å²) in [4.78, 5) is 0. The van der Waals surface area contributed by atoms with Gasteiger partial charge < -0.3 is 5.73 Å². The van der Waals surface area contributed by atoms with Gasteiger partial charge in [-0.25, -0.2) is 0 Å². The first-order valence-corrected chi connectivity index (χ1v) is 4.55. The number of nitrogens with two attached hydrogens (primary N) is 1. The van der Waals surface area contributed by atoms with E-state index >= 15 is 0 Å². The molecule has 0 radical (unpaired) electrons. The zero-order valence-electron chi connectivity index (χ0n) is 7.68. The van der Waals surface area contributed by atoms with Gasteiger partial charge in [0.25, 0.3) is 0 Å². The summed E-state index contributed by atoms with van der Waals surface area (Å²) in [5.74, 6) is 0. The van der Waals surface area contributed by atoms with Gasteiger partial charge in [-0.2, -0.15) is 13.2 Å². The Balaban J connectivity index is 3.11. The number of benzene rings is 1. The van der Waals surface area contributed by atoms with Crippen molar-refractivity contribution in [2.24, 2.45) is 5.73 Å². The Bertz CT molecular complexity index is 371. The van der Waals surface area contributed by atoms with Crippen molar-refractivity contribution in [3.05, 3.63) is 40.4 Å². The van der Waals surface area contributed by atoms with E-state index in [2.05, 4.69) is 0 Å².